The van der Waals surface area contributed by atoms with Crippen LogP contribution in [0.1, 0.15) is 23.7 Å². The van der Waals surface area contributed by atoms with Gasteiger partial charge in [-0.15, -0.1) is 0 Å². The van der Waals surface area contributed by atoms with E-state index in [0.717, 1.165) is 4.47 Å². The smallest absolute Gasteiger partial charge is 0.251 e. The maximum absolute atomic E-state index is 12.0. The highest BCUT2D eigenvalue weighted by Gasteiger charge is 2.09. The SMILES string of the molecule is CC(=O)Nc1ccc(NC(=O)CCNC(=O)c2ccc(Br)cc2)c(Cl)c1. The fourth-order valence-corrected chi connectivity index (χ4v) is 2.60. The lowest BCUT2D eigenvalue weighted by atomic mass is 10.2. The number of amides is 3. The van der Waals surface area contributed by atoms with E-state index in [1.165, 1.54) is 6.92 Å². The molecule has 2 aromatic rings. The molecule has 3 amide bonds. The van der Waals surface area contributed by atoms with Crippen molar-refractivity contribution in [3.63, 3.8) is 0 Å². The molecular weight excluding hydrogens is 422 g/mol. The lowest BCUT2D eigenvalue weighted by Crippen LogP contribution is -2.27. The predicted molar refractivity (Wildman–Crippen MR) is 105 cm³/mol. The molecule has 0 radical (unpaired) electrons. The van der Waals surface area contributed by atoms with E-state index in [1.807, 2.05) is 0 Å². The van der Waals surface area contributed by atoms with Crippen molar-refractivity contribution in [3.05, 3.63) is 57.5 Å². The van der Waals surface area contributed by atoms with Crippen LogP contribution in [0, 0.1) is 0 Å². The van der Waals surface area contributed by atoms with E-state index in [1.54, 1.807) is 42.5 Å². The first-order valence-corrected chi connectivity index (χ1v) is 8.93. The molecule has 0 heterocycles. The molecule has 0 saturated heterocycles. The van der Waals surface area contributed by atoms with Crippen LogP contribution in [-0.2, 0) is 9.59 Å². The van der Waals surface area contributed by atoms with Gasteiger partial charge in [-0.1, -0.05) is 27.5 Å². The van der Waals surface area contributed by atoms with Crippen LogP contribution >= 0.6 is 27.5 Å². The van der Waals surface area contributed by atoms with Gasteiger partial charge in [0.25, 0.3) is 5.91 Å². The largest absolute Gasteiger partial charge is 0.352 e. The Bertz CT molecular complexity index is 825. The number of rotatable bonds is 6. The molecule has 0 aromatic heterocycles. The number of carbonyl (C=O) groups is 3. The van der Waals surface area contributed by atoms with Crippen LogP contribution in [0.2, 0.25) is 5.02 Å². The molecule has 0 aliphatic carbocycles. The van der Waals surface area contributed by atoms with Gasteiger partial charge in [-0.2, -0.15) is 0 Å². The van der Waals surface area contributed by atoms with Gasteiger partial charge in [0.2, 0.25) is 11.8 Å². The first kappa shape index (κ1) is 19.9. The third kappa shape index (κ3) is 6.16. The van der Waals surface area contributed by atoms with Crippen LogP contribution in [0.25, 0.3) is 0 Å². The topological polar surface area (TPSA) is 87.3 Å². The summed E-state index contributed by atoms with van der Waals surface area (Å²) in [6.45, 7) is 1.59. The second-order valence-electron chi connectivity index (χ2n) is 5.44. The monoisotopic (exact) mass is 437 g/mol. The minimum atomic E-state index is -0.282. The normalized spacial score (nSPS) is 10.1. The summed E-state index contributed by atoms with van der Waals surface area (Å²) in [6, 6.07) is 11.7. The zero-order valence-corrected chi connectivity index (χ0v) is 16.3. The highest BCUT2D eigenvalue weighted by atomic mass is 79.9. The molecular formula is C18H17BrClN3O3. The van der Waals surface area contributed by atoms with Crippen molar-refractivity contribution < 1.29 is 14.4 Å². The van der Waals surface area contributed by atoms with Gasteiger partial charge in [-0.25, -0.2) is 0 Å². The zero-order valence-electron chi connectivity index (χ0n) is 13.9. The minimum absolute atomic E-state index is 0.103. The first-order chi connectivity index (χ1) is 12.3. The number of halogens is 2. The van der Waals surface area contributed by atoms with Gasteiger partial charge in [0.1, 0.15) is 0 Å². The molecule has 8 heteroatoms. The number of hydrogen-bond donors (Lipinski definition) is 3. The molecule has 26 heavy (non-hydrogen) atoms. The van der Waals surface area contributed by atoms with Crippen LogP contribution < -0.4 is 16.0 Å². The van der Waals surface area contributed by atoms with Crippen molar-refractivity contribution >= 4 is 56.6 Å². The average molecular weight is 439 g/mol. The molecule has 2 aromatic carbocycles. The van der Waals surface area contributed by atoms with Crippen molar-refractivity contribution in [2.45, 2.75) is 13.3 Å². The second-order valence-corrected chi connectivity index (χ2v) is 6.76. The molecule has 6 nitrogen and oxygen atoms in total. The van der Waals surface area contributed by atoms with E-state index in [0.29, 0.717) is 22.0 Å². The predicted octanol–water partition coefficient (Wildman–Crippen LogP) is 3.82. The van der Waals surface area contributed by atoms with Gasteiger partial charge in [0.15, 0.2) is 0 Å². The maximum Gasteiger partial charge on any atom is 0.251 e. The quantitative estimate of drug-likeness (QED) is 0.641. The molecule has 0 atom stereocenters. The van der Waals surface area contributed by atoms with Crippen LogP contribution in [-0.4, -0.2) is 24.3 Å². The van der Waals surface area contributed by atoms with Gasteiger partial charge in [-0.05, 0) is 42.5 Å². The Balaban J connectivity index is 1.82. The summed E-state index contributed by atoms with van der Waals surface area (Å²) in [6.07, 6.45) is 0.103. The summed E-state index contributed by atoms with van der Waals surface area (Å²) in [4.78, 5) is 35.0. The van der Waals surface area contributed by atoms with Gasteiger partial charge in [0.05, 0.1) is 10.7 Å². The Hall–Kier alpha value is -2.38. The second kappa shape index (κ2) is 9.35. The Morgan fingerprint density at radius 1 is 1.04 bits per heavy atom. The van der Waals surface area contributed by atoms with E-state index in [-0.39, 0.29) is 30.7 Å². The third-order valence-corrected chi connectivity index (χ3v) is 4.15. The first-order valence-electron chi connectivity index (χ1n) is 7.76. The van der Waals surface area contributed by atoms with Gasteiger partial charge < -0.3 is 16.0 Å². The molecule has 0 aliphatic rings. The Morgan fingerprint density at radius 2 is 1.73 bits per heavy atom. The lowest BCUT2D eigenvalue weighted by molar-refractivity contribution is -0.116. The molecule has 0 unspecified atom stereocenters. The van der Waals surface area contributed by atoms with Crippen molar-refractivity contribution in [2.75, 3.05) is 17.2 Å². The molecule has 0 bridgehead atoms. The third-order valence-electron chi connectivity index (χ3n) is 3.31. The van der Waals surface area contributed by atoms with Gasteiger partial charge >= 0.3 is 0 Å². The Kier molecular flexibility index (Phi) is 7.17. The van der Waals surface area contributed by atoms with Gasteiger partial charge in [-0.3, -0.25) is 14.4 Å². The van der Waals surface area contributed by atoms with E-state index in [2.05, 4.69) is 31.9 Å². The number of benzene rings is 2. The highest BCUT2D eigenvalue weighted by Crippen LogP contribution is 2.25. The van der Waals surface area contributed by atoms with Crippen molar-refractivity contribution in [2.24, 2.45) is 0 Å². The summed E-state index contributed by atoms with van der Waals surface area (Å²) in [7, 11) is 0. The van der Waals surface area contributed by atoms with E-state index < -0.39 is 0 Å². The van der Waals surface area contributed by atoms with Crippen LogP contribution in [0.4, 0.5) is 11.4 Å². The summed E-state index contributed by atoms with van der Waals surface area (Å²) in [5.74, 6) is -0.738. The summed E-state index contributed by atoms with van der Waals surface area (Å²) in [5.41, 5.74) is 1.50. The standard InChI is InChI=1S/C18H17BrClN3O3/c1-11(24)22-14-6-7-16(15(20)10-14)23-17(25)8-9-21-18(26)12-2-4-13(19)5-3-12/h2-7,10H,8-9H2,1H3,(H,21,26)(H,22,24)(H,23,25). The molecule has 0 spiro atoms. The molecule has 136 valence electrons. The Labute approximate surface area is 164 Å². The molecule has 0 saturated carbocycles. The number of carbonyl (C=O) groups excluding carboxylic acids is 3. The lowest BCUT2D eigenvalue weighted by Gasteiger charge is -2.10. The summed E-state index contributed by atoms with van der Waals surface area (Å²) < 4.78 is 0.884. The summed E-state index contributed by atoms with van der Waals surface area (Å²) in [5, 5.41) is 8.27. The van der Waals surface area contributed by atoms with E-state index in [9.17, 15) is 14.4 Å². The number of hydrogen-bond acceptors (Lipinski definition) is 3. The molecule has 3 N–H and O–H groups in total. The molecule has 0 fully saturated rings. The Morgan fingerprint density at radius 3 is 2.35 bits per heavy atom. The highest BCUT2D eigenvalue weighted by molar-refractivity contribution is 9.10. The zero-order chi connectivity index (χ0) is 19.1. The van der Waals surface area contributed by atoms with Crippen molar-refractivity contribution in [3.8, 4) is 0 Å². The number of nitrogens with one attached hydrogen (secondary N) is 3. The van der Waals surface area contributed by atoms with Crippen molar-refractivity contribution in [1.29, 1.82) is 0 Å². The van der Waals surface area contributed by atoms with Crippen LogP contribution in [0.5, 0.6) is 0 Å². The van der Waals surface area contributed by atoms with Gasteiger partial charge in [0, 0.05) is 35.6 Å². The van der Waals surface area contributed by atoms with E-state index >= 15 is 0 Å². The fraction of sp³-hybridized carbons (Fsp3) is 0.167. The molecule has 2 rings (SSSR count). The molecule has 0 aliphatic heterocycles. The summed E-state index contributed by atoms with van der Waals surface area (Å²) >= 11 is 9.40. The van der Waals surface area contributed by atoms with Crippen molar-refractivity contribution in [1.82, 2.24) is 5.32 Å². The fourth-order valence-electron chi connectivity index (χ4n) is 2.10. The number of anilines is 2. The maximum atomic E-state index is 12.0. The van der Waals surface area contributed by atoms with Crippen LogP contribution in [0.3, 0.4) is 0 Å². The average Bonchev–Trinajstić information content (AvgIpc) is 2.57. The minimum Gasteiger partial charge on any atom is -0.352 e. The van der Waals surface area contributed by atoms with Crippen LogP contribution in [0.15, 0.2) is 46.9 Å². The van der Waals surface area contributed by atoms with E-state index in [4.69, 9.17) is 11.6 Å².